The molecule has 2 heterocycles. The van der Waals surface area contributed by atoms with Crippen LogP contribution in [0.1, 0.15) is 13.3 Å². The third-order valence-electron chi connectivity index (χ3n) is 5.62. The van der Waals surface area contributed by atoms with Gasteiger partial charge in [0.15, 0.2) is 5.17 Å². The van der Waals surface area contributed by atoms with Gasteiger partial charge in [-0.15, -0.1) is 0 Å². The van der Waals surface area contributed by atoms with Crippen molar-refractivity contribution in [2.75, 3.05) is 45.3 Å². The second-order valence-corrected chi connectivity index (χ2v) is 11.2. The Morgan fingerprint density at radius 3 is 2.69 bits per heavy atom. The summed E-state index contributed by atoms with van der Waals surface area (Å²) in [6.07, 6.45) is -0.0429. The number of hydrogen-bond donors (Lipinski definition) is 1. The van der Waals surface area contributed by atoms with Gasteiger partial charge in [-0.3, -0.25) is 14.5 Å². The number of carbonyl (C=O) groups excluding carboxylic acids is 2. The minimum Gasteiger partial charge on any atom is -0.492 e. The summed E-state index contributed by atoms with van der Waals surface area (Å²) < 4.78 is 38.1. The Kier molecular flexibility index (Phi) is 8.29. The molecule has 10 nitrogen and oxygen atoms in total. The Labute approximate surface area is 214 Å². The van der Waals surface area contributed by atoms with E-state index in [1.54, 1.807) is 37.4 Å². The molecule has 2 aromatic rings. The smallest absolute Gasteiger partial charge is 0.243 e. The molecule has 12 heteroatoms. The third kappa shape index (κ3) is 5.89. The maximum Gasteiger partial charge on any atom is 0.243 e. The van der Waals surface area contributed by atoms with Crippen LogP contribution in [0.15, 0.2) is 58.4 Å². The normalized spacial score (nSPS) is 20.1. The molecule has 2 amide bonds. The monoisotopic (exact) mass is 532 g/mol. The largest absolute Gasteiger partial charge is 0.492 e. The Morgan fingerprint density at radius 1 is 1.19 bits per heavy atom. The molecule has 192 valence electrons. The molecule has 0 aromatic heterocycles. The van der Waals surface area contributed by atoms with Crippen molar-refractivity contribution >= 4 is 50.1 Å². The summed E-state index contributed by atoms with van der Waals surface area (Å²) in [6.45, 7) is 3.63. The Bertz CT molecular complexity index is 1260. The SMILES string of the molecule is CCOc1ccccc1NC(=O)C[C@@H]1SC(=Nc2cccc(S(=O)(=O)N3CCOCC3)c2)N(C)C1=O. The highest BCUT2D eigenvalue weighted by Crippen LogP contribution is 2.32. The molecule has 0 bridgehead atoms. The first-order valence-corrected chi connectivity index (χ1v) is 13.8. The molecule has 0 radical (unpaired) electrons. The highest BCUT2D eigenvalue weighted by Gasteiger charge is 2.37. The van der Waals surface area contributed by atoms with Crippen LogP contribution in [0.25, 0.3) is 0 Å². The fourth-order valence-corrected chi connectivity index (χ4v) is 6.38. The molecular weight excluding hydrogens is 504 g/mol. The summed E-state index contributed by atoms with van der Waals surface area (Å²) >= 11 is 1.17. The number of para-hydroxylation sites is 2. The van der Waals surface area contributed by atoms with Crippen molar-refractivity contribution in [3.05, 3.63) is 48.5 Å². The molecule has 2 saturated heterocycles. The van der Waals surface area contributed by atoms with Crippen LogP contribution < -0.4 is 10.1 Å². The van der Waals surface area contributed by atoms with E-state index in [9.17, 15) is 18.0 Å². The standard InChI is InChI=1S/C24H28N4O6S2/c1-3-34-20-10-5-4-9-19(20)26-22(29)16-21-23(30)27(2)24(35-21)25-17-7-6-8-18(15-17)36(31,32)28-11-13-33-14-12-28/h4-10,15,21H,3,11-14,16H2,1-2H3,(H,26,29)/t21-/m0/s1. The van der Waals surface area contributed by atoms with Crippen LogP contribution >= 0.6 is 11.8 Å². The molecule has 1 N–H and O–H groups in total. The van der Waals surface area contributed by atoms with Crippen molar-refractivity contribution in [3.63, 3.8) is 0 Å². The number of carbonyl (C=O) groups is 2. The van der Waals surface area contributed by atoms with Gasteiger partial charge in [0.25, 0.3) is 0 Å². The summed E-state index contributed by atoms with van der Waals surface area (Å²) in [5.41, 5.74) is 0.947. The summed E-state index contributed by atoms with van der Waals surface area (Å²) in [7, 11) is -2.09. The van der Waals surface area contributed by atoms with Gasteiger partial charge < -0.3 is 14.8 Å². The summed E-state index contributed by atoms with van der Waals surface area (Å²) in [6, 6.07) is 13.4. The molecule has 0 spiro atoms. The lowest BCUT2D eigenvalue weighted by Crippen LogP contribution is -2.40. The van der Waals surface area contributed by atoms with E-state index >= 15 is 0 Å². The second-order valence-electron chi connectivity index (χ2n) is 8.09. The molecule has 0 unspecified atom stereocenters. The van der Waals surface area contributed by atoms with Crippen molar-refractivity contribution in [1.29, 1.82) is 0 Å². The molecule has 36 heavy (non-hydrogen) atoms. The van der Waals surface area contributed by atoms with Gasteiger partial charge in [-0.05, 0) is 37.3 Å². The predicted molar refractivity (Wildman–Crippen MR) is 138 cm³/mol. The zero-order chi connectivity index (χ0) is 25.7. The zero-order valence-electron chi connectivity index (χ0n) is 20.0. The van der Waals surface area contributed by atoms with E-state index in [1.165, 1.54) is 33.1 Å². The van der Waals surface area contributed by atoms with E-state index in [2.05, 4.69) is 10.3 Å². The first-order valence-electron chi connectivity index (χ1n) is 11.5. The van der Waals surface area contributed by atoms with E-state index < -0.39 is 15.3 Å². The van der Waals surface area contributed by atoms with E-state index in [-0.39, 0.29) is 23.1 Å². The van der Waals surface area contributed by atoms with E-state index in [0.29, 0.717) is 55.2 Å². The zero-order valence-corrected chi connectivity index (χ0v) is 21.7. The number of hydrogen-bond acceptors (Lipinski definition) is 8. The van der Waals surface area contributed by atoms with Crippen LogP contribution in [-0.4, -0.2) is 79.8 Å². The van der Waals surface area contributed by atoms with Crippen molar-refractivity contribution < 1.29 is 27.5 Å². The average molecular weight is 533 g/mol. The van der Waals surface area contributed by atoms with Crippen molar-refractivity contribution in [1.82, 2.24) is 9.21 Å². The van der Waals surface area contributed by atoms with Gasteiger partial charge in [-0.1, -0.05) is 30.0 Å². The Hall–Kier alpha value is -2.93. The molecular formula is C24H28N4O6S2. The number of anilines is 1. The lowest BCUT2D eigenvalue weighted by Gasteiger charge is -2.26. The molecule has 4 rings (SSSR count). The summed E-state index contributed by atoms with van der Waals surface area (Å²) in [4.78, 5) is 31.5. The van der Waals surface area contributed by atoms with Gasteiger partial charge in [0.05, 0.1) is 36.1 Å². The molecule has 1 atom stereocenters. The number of morpholine rings is 1. The molecule has 0 aliphatic carbocycles. The van der Waals surface area contributed by atoms with E-state index in [4.69, 9.17) is 9.47 Å². The van der Waals surface area contributed by atoms with Crippen molar-refractivity contribution in [2.24, 2.45) is 4.99 Å². The number of ether oxygens (including phenoxy) is 2. The lowest BCUT2D eigenvalue weighted by atomic mass is 10.2. The number of amidine groups is 1. The van der Waals surface area contributed by atoms with Crippen LogP contribution in [0.2, 0.25) is 0 Å². The number of thioether (sulfide) groups is 1. The van der Waals surface area contributed by atoms with Gasteiger partial charge in [0.2, 0.25) is 21.8 Å². The van der Waals surface area contributed by atoms with Gasteiger partial charge in [-0.25, -0.2) is 13.4 Å². The molecule has 0 saturated carbocycles. The number of sulfonamides is 1. The topological polar surface area (TPSA) is 118 Å². The Morgan fingerprint density at radius 2 is 1.94 bits per heavy atom. The number of nitrogens with one attached hydrogen (secondary N) is 1. The maximum absolute atomic E-state index is 13.0. The molecule has 2 aromatic carbocycles. The van der Waals surface area contributed by atoms with Crippen LogP contribution in [0, 0.1) is 0 Å². The van der Waals surface area contributed by atoms with Gasteiger partial charge in [0.1, 0.15) is 11.0 Å². The minimum atomic E-state index is -3.67. The highest BCUT2D eigenvalue weighted by molar-refractivity contribution is 8.15. The van der Waals surface area contributed by atoms with E-state index in [1.807, 2.05) is 13.0 Å². The number of aliphatic imine (C=N–C) groups is 1. The van der Waals surface area contributed by atoms with Crippen LogP contribution in [-0.2, 0) is 24.3 Å². The third-order valence-corrected chi connectivity index (χ3v) is 8.75. The van der Waals surface area contributed by atoms with Gasteiger partial charge in [-0.2, -0.15) is 4.31 Å². The average Bonchev–Trinajstić information content (AvgIpc) is 3.13. The number of nitrogens with zero attached hydrogens (tertiary/aromatic N) is 3. The highest BCUT2D eigenvalue weighted by atomic mass is 32.2. The fraction of sp³-hybridized carbons (Fsp3) is 0.375. The summed E-state index contributed by atoms with van der Waals surface area (Å²) in [5, 5.41) is 2.56. The number of benzene rings is 2. The minimum absolute atomic E-state index is 0.0429. The number of amides is 2. The van der Waals surface area contributed by atoms with Crippen LogP contribution in [0.4, 0.5) is 11.4 Å². The van der Waals surface area contributed by atoms with Gasteiger partial charge >= 0.3 is 0 Å². The fourth-order valence-electron chi connectivity index (χ4n) is 3.78. The lowest BCUT2D eigenvalue weighted by molar-refractivity contribution is -0.127. The second kappa shape index (κ2) is 11.4. The van der Waals surface area contributed by atoms with E-state index in [0.717, 1.165) is 0 Å². The molecule has 2 fully saturated rings. The molecule has 2 aliphatic heterocycles. The Balaban J connectivity index is 1.46. The quantitative estimate of drug-likeness (QED) is 0.555. The van der Waals surface area contributed by atoms with Crippen molar-refractivity contribution in [2.45, 2.75) is 23.5 Å². The van der Waals surface area contributed by atoms with Crippen LogP contribution in [0.3, 0.4) is 0 Å². The molecule has 2 aliphatic rings. The summed E-state index contributed by atoms with van der Waals surface area (Å²) in [5.74, 6) is -0.00428. The first kappa shape index (κ1) is 26.1. The number of rotatable bonds is 8. The van der Waals surface area contributed by atoms with Gasteiger partial charge in [0, 0.05) is 26.6 Å². The van der Waals surface area contributed by atoms with Crippen molar-refractivity contribution in [3.8, 4) is 5.75 Å². The first-order chi connectivity index (χ1) is 17.3. The van der Waals surface area contributed by atoms with Crippen LogP contribution in [0.5, 0.6) is 5.75 Å². The predicted octanol–water partition coefficient (Wildman–Crippen LogP) is 2.70. The maximum atomic E-state index is 13.0.